The molecule has 1 N–H and O–H groups in total. The van der Waals surface area contributed by atoms with Crippen LogP contribution in [0.4, 0.5) is 5.69 Å². The molecule has 0 aliphatic heterocycles. The fraction of sp³-hybridized carbons (Fsp3) is 0.227. The van der Waals surface area contributed by atoms with Gasteiger partial charge in [-0.3, -0.25) is 4.79 Å². The fourth-order valence-corrected chi connectivity index (χ4v) is 3.80. The zero-order valence-electron chi connectivity index (χ0n) is 17.0. The number of ether oxygens (including phenoxy) is 2. The Morgan fingerprint density at radius 1 is 1.13 bits per heavy atom. The van der Waals surface area contributed by atoms with Crippen molar-refractivity contribution in [3.8, 4) is 16.3 Å². The molecule has 1 heterocycles. The van der Waals surface area contributed by atoms with Crippen molar-refractivity contribution >= 4 is 40.5 Å². The van der Waals surface area contributed by atoms with E-state index in [1.165, 1.54) is 25.4 Å². The van der Waals surface area contributed by atoms with E-state index in [1.807, 2.05) is 25.1 Å². The summed E-state index contributed by atoms with van der Waals surface area (Å²) in [5.41, 5.74) is 2.88. The van der Waals surface area contributed by atoms with E-state index in [4.69, 9.17) is 21.1 Å². The molecule has 2 aromatic carbocycles. The maximum atomic E-state index is 12.6. The van der Waals surface area contributed by atoms with Crippen LogP contribution in [0.3, 0.4) is 0 Å². The number of hydrogen-bond donors (Lipinski definition) is 1. The number of aryl methyl sites for hydroxylation is 2. The van der Waals surface area contributed by atoms with E-state index in [0.717, 1.165) is 11.1 Å². The molecule has 1 unspecified atom stereocenters. The minimum absolute atomic E-state index is 0.354. The highest BCUT2D eigenvalue weighted by Crippen LogP contribution is 2.30. The molecule has 0 saturated carbocycles. The number of esters is 1. The lowest BCUT2D eigenvalue weighted by Crippen LogP contribution is -2.30. The highest BCUT2D eigenvalue weighted by Gasteiger charge is 2.24. The Balaban J connectivity index is 1.70. The van der Waals surface area contributed by atoms with Gasteiger partial charge in [0.25, 0.3) is 5.91 Å². The standard InChI is InChI=1S/C22H21ClN2O4S/c1-12-5-10-18(28-4)17(11-12)25-20(26)14(3)29-22(27)19-13(2)24-21(30-19)15-6-8-16(23)9-7-15/h5-11,14H,1-4H3,(H,25,26). The first-order chi connectivity index (χ1) is 14.3. The van der Waals surface area contributed by atoms with Gasteiger partial charge < -0.3 is 14.8 Å². The summed E-state index contributed by atoms with van der Waals surface area (Å²) in [6, 6.07) is 12.6. The molecule has 8 heteroatoms. The van der Waals surface area contributed by atoms with E-state index in [9.17, 15) is 9.59 Å². The Morgan fingerprint density at radius 2 is 1.83 bits per heavy atom. The van der Waals surface area contributed by atoms with Crippen LogP contribution in [0.1, 0.15) is 27.9 Å². The van der Waals surface area contributed by atoms with Gasteiger partial charge in [-0.15, -0.1) is 11.3 Å². The molecule has 0 spiro atoms. The van der Waals surface area contributed by atoms with Crippen molar-refractivity contribution in [1.82, 2.24) is 4.98 Å². The van der Waals surface area contributed by atoms with Crippen LogP contribution in [0.5, 0.6) is 5.75 Å². The second-order valence-corrected chi connectivity index (χ2v) is 8.12. The molecule has 156 valence electrons. The number of nitrogens with zero attached hydrogens (tertiary/aromatic N) is 1. The van der Waals surface area contributed by atoms with Crippen molar-refractivity contribution in [2.24, 2.45) is 0 Å². The molecule has 0 saturated heterocycles. The van der Waals surface area contributed by atoms with E-state index in [1.54, 1.807) is 31.2 Å². The summed E-state index contributed by atoms with van der Waals surface area (Å²) < 4.78 is 10.6. The van der Waals surface area contributed by atoms with Crippen LogP contribution >= 0.6 is 22.9 Å². The van der Waals surface area contributed by atoms with Gasteiger partial charge in [0.1, 0.15) is 15.6 Å². The fourth-order valence-electron chi connectivity index (χ4n) is 2.72. The Kier molecular flexibility index (Phi) is 6.74. The summed E-state index contributed by atoms with van der Waals surface area (Å²) in [6.07, 6.45) is -0.997. The number of aromatic nitrogens is 1. The van der Waals surface area contributed by atoms with Crippen LogP contribution in [0.2, 0.25) is 5.02 Å². The molecular formula is C22H21ClN2O4S. The number of carbonyl (C=O) groups is 2. The minimum atomic E-state index is -0.997. The van der Waals surface area contributed by atoms with E-state index >= 15 is 0 Å². The highest BCUT2D eigenvalue weighted by atomic mass is 35.5. The van der Waals surface area contributed by atoms with Crippen LogP contribution in [0.15, 0.2) is 42.5 Å². The first-order valence-electron chi connectivity index (χ1n) is 9.18. The summed E-state index contributed by atoms with van der Waals surface area (Å²) in [7, 11) is 1.52. The van der Waals surface area contributed by atoms with Gasteiger partial charge >= 0.3 is 5.97 Å². The Hall–Kier alpha value is -2.90. The Morgan fingerprint density at radius 3 is 2.50 bits per heavy atom. The van der Waals surface area contributed by atoms with E-state index in [2.05, 4.69) is 10.3 Å². The third kappa shape index (κ3) is 4.98. The molecule has 0 aliphatic rings. The first-order valence-corrected chi connectivity index (χ1v) is 10.4. The normalized spacial score (nSPS) is 11.6. The number of benzene rings is 2. The molecule has 1 amide bonds. The number of carbonyl (C=O) groups excluding carboxylic acids is 2. The monoisotopic (exact) mass is 444 g/mol. The van der Waals surface area contributed by atoms with Crippen LogP contribution < -0.4 is 10.1 Å². The zero-order valence-corrected chi connectivity index (χ0v) is 18.6. The number of rotatable bonds is 6. The van der Waals surface area contributed by atoms with Crippen LogP contribution in [-0.4, -0.2) is 30.1 Å². The summed E-state index contributed by atoms with van der Waals surface area (Å²) in [4.78, 5) is 30.0. The number of nitrogens with one attached hydrogen (secondary N) is 1. The van der Waals surface area contributed by atoms with Gasteiger partial charge in [0.15, 0.2) is 6.10 Å². The Labute approximate surface area is 183 Å². The largest absolute Gasteiger partial charge is 0.495 e. The van der Waals surface area contributed by atoms with Gasteiger partial charge in [0, 0.05) is 10.6 Å². The van der Waals surface area contributed by atoms with Crippen molar-refractivity contribution in [2.75, 3.05) is 12.4 Å². The average Bonchev–Trinajstić information content (AvgIpc) is 3.10. The Bertz CT molecular complexity index is 1080. The molecule has 0 radical (unpaired) electrons. The smallest absolute Gasteiger partial charge is 0.351 e. The van der Waals surface area contributed by atoms with Crippen molar-refractivity contribution in [2.45, 2.75) is 26.9 Å². The second kappa shape index (κ2) is 9.28. The maximum Gasteiger partial charge on any atom is 0.351 e. The van der Waals surface area contributed by atoms with Crippen LogP contribution in [-0.2, 0) is 9.53 Å². The maximum absolute atomic E-state index is 12.6. The van der Waals surface area contributed by atoms with Gasteiger partial charge in [0.2, 0.25) is 0 Å². The second-order valence-electron chi connectivity index (χ2n) is 6.68. The van der Waals surface area contributed by atoms with Crippen molar-refractivity contribution in [3.63, 3.8) is 0 Å². The van der Waals surface area contributed by atoms with Crippen LogP contribution in [0.25, 0.3) is 10.6 Å². The minimum Gasteiger partial charge on any atom is -0.495 e. The highest BCUT2D eigenvalue weighted by molar-refractivity contribution is 7.17. The molecule has 6 nitrogen and oxygen atoms in total. The number of amides is 1. The topological polar surface area (TPSA) is 77.5 Å². The third-order valence-electron chi connectivity index (χ3n) is 4.34. The molecular weight excluding hydrogens is 424 g/mol. The molecule has 0 bridgehead atoms. The van der Waals surface area contributed by atoms with Crippen LogP contribution in [0, 0.1) is 13.8 Å². The van der Waals surface area contributed by atoms with Gasteiger partial charge in [-0.2, -0.15) is 0 Å². The lowest BCUT2D eigenvalue weighted by molar-refractivity contribution is -0.123. The molecule has 0 aliphatic carbocycles. The lowest BCUT2D eigenvalue weighted by atomic mass is 10.2. The average molecular weight is 445 g/mol. The molecule has 1 aromatic heterocycles. The van der Waals surface area contributed by atoms with Gasteiger partial charge in [-0.1, -0.05) is 29.8 Å². The molecule has 1 atom stereocenters. The quantitative estimate of drug-likeness (QED) is 0.524. The number of halogens is 1. The SMILES string of the molecule is COc1ccc(C)cc1NC(=O)C(C)OC(=O)c1sc(-c2ccc(Cl)cc2)nc1C. The molecule has 3 aromatic rings. The molecule has 30 heavy (non-hydrogen) atoms. The zero-order chi connectivity index (χ0) is 21.8. The van der Waals surface area contributed by atoms with Gasteiger partial charge in [-0.05, 0) is 50.6 Å². The first kappa shape index (κ1) is 21.8. The molecule has 3 rings (SSSR count). The predicted octanol–water partition coefficient (Wildman–Crippen LogP) is 5.27. The van der Waals surface area contributed by atoms with Crippen molar-refractivity contribution in [3.05, 3.63) is 63.6 Å². The van der Waals surface area contributed by atoms with Gasteiger partial charge in [0.05, 0.1) is 18.5 Å². The van der Waals surface area contributed by atoms with E-state index < -0.39 is 18.0 Å². The number of hydrogen-bond acceptors (Lipinski definition) is 6. The summed E-state index contributed by atoms with van der Waals surface area (Å²) >= 11 is 7.13. The van der Waals surface area contributed by atoms with Gasteiger partial charge in [-0.25, -0.2) is 9.78 Å². The van der Waals surface area contributed by atoms with Crippen molar-refractivity contribution < 1.29 is 19.1 Å². The predicted molar refractivity (Wildman–Crippen MR) is 119 cm³/mol. The summed E-state index contributed by atoms with van der Waals surface area (Å²) in [5.74, 6) is -0.519. The van der Waals surface area contributed by atoms with E-state index in [-0.39, 0.29) is 0 Å². The lowest BCUT2D eigenvalue weighted by Gasteiger charge is -2.15. The number of methoxy groups -OCH3 is 1. The van der Waals surface area contributed by atoms with Crippen molar-refractivity contribution in [1.29, 1.82) is 0 Å². The van der Waals surface area contributed by atoms with E-state index in [0.29, 0.717) is 32.0 Å². The summed E-state index contributed by atoms with van der Waals surface area (Å²) in [6.45, 7) is 5.16. The number of anilines is 1. The summed E-state index contributed by atoms with van der Waals surface area (Å²) in [5, 5.41) is 4.04. The third-order valence-corrected chi connectivity index (χ3v) is 5.78. The number of thiazole rings is 1. The molecule has 0 fully saturated rings.